The second kappa shape index (κ2) is 5.99. The lowest BCUT2D eigenvalue weighted by atomic mass is 9.93. The van der Waals surface area contributed by atoms with Gasteiger partial charge in [-0.3, -0.25) is 0 Å². The fourth-order valence-corrected chi connectivity index (χ4v) is 2.90. The summed E-state index contributed by atoms with van der Waals surface area (Å²) in [6, 6.07) is 5.68. The molecule has 2 N–H and O–H groups in total. The highest BCUT2D eigenvalue weighted by Gasteiger charge is 2.25. The fraction of sp³-hybridized carbons (Fsp3) is 0.500. The summed E-state index contributed by atoms with van der Waals surface area (Å²) in [5.74, 6) is 1.24. The Kier molecular flexibility index (Phi) is 4.07. The Morgan fingerprint density at radius 1 is 1.38 bits per heavy atom. The highest BCUT2D eigenvalue weighted by atomic mass is 35.5. The molecule has 0 radical (unpaired) electrons. The van der Waals surface area contributed by atoms with Crippen LogP contribution in [-0.4, -0.2) is 33.4 Å². The normalized spacial score (nSPS) is 17.8. The molecule has 0 aliphatic carbocycles. The molecule has 1 aliphatic rings. The summed E-state index contributed by atoms with van der Waals surface area (Å²) in [4.78, 5) is 0. The topological polar surface area (TPSA) is 78.8 Å². The molecule has 0 amide bonds. The molecule has 0 saturated carbocycles. The molecule has 21 heavy (non-hydrogen) atoms. The van der Waals surface area contributed by atoms with Gasteiger partial charge < -0.3 is 10.5 Å². The summed E-state index contributed by atoms with van der Waals surface area (Å²) < 4.78 is 7.29. The standard InChI is InChI=1S/C14H18ClN5O/c1-9(10-4-6-21-7-5-10)20-14(17-18-19-20)11-2-3-13(16)12(15)8-11/h2-3,8-10H,4-7,16H2,1H3. The molecule has 112 valence electrons. The van der Waals surface area contributed by atoms with Gasteiger partial charge in [0.2, 0.25) is 0 Å². The number of hydrogen-bond donors (Lipinski definition) is 1. The van der Waals surface area contributed by atoms with Crippen LogP contribution in [0, 0.1) is 5.92 Å². The first-order valence-electron chi connectivity index (χ1n) is 7.08. The number of tetrazole rings is 1. The van der Waals surface area contributed by atoms with Gasteiger partial charge in [-0.2, -0.15) is 0 Å². The van der Waals surface area contributed by atoms with Gasteiger partial charge in [0.05, 0.1) is 16.8 Å². The summed E-state index contributed by atoms with van der Waals surface area (Å²) in [6.07, 6.45) is 2.06. The number of nitrogens with two attached hydrogens (primary N) is 1. The zero-order chi connectivity index (χ0) is 14.8. The zero-order valence-corrected chi connectivity index (χ0v) is 12.6. The van der Waals surface area contributed by atoms with Crippen molar-refractivity contribution in [1.29, 1.82) is 0 Å². The molecule has 1 fully saturated rings. The van der Waals surface area contributed by atoms with Crippen LogP contribution in [0.1, 0.15) is 25.8 Å². The second-order valence-corrected chi connectivity index (χ2v) is 5.78. The number of rotatable bonds is 3. The molecular weight excluding hydrogens is 290 g/mol. The SMILES string of the molecule is CC(C1CCOCC1)n1nnnc1-c1ccc(N)c(Cl)c1. The van der Waals surface area contributed by atoms with Gasteiger partial charge in [0, 0.05) is 18.8 Å². The smallest absolute Gasteiger partial charge is 0.182 e. The van der Waals surface area contributed by atoms with E-state index in [0.29, 0.717) is 16.6 Å². The van der Waals surface area contributed by atoms with E-state index in [1.807, 2.05) is 10.7 Å². The molecule has 6 nitrogen and oxygen atoms in total. The van der Waals surface area contributed by atoms with Crippen LogP contribution in [0.4, 0.5) is 5.69 Å². The largest absolute Gasteiger partial charge is 0.398 e. The fourth-order valence-electron chi connectivity index (χ4n) is 2.72. The first kappa shape index (κ1) is 14.3. The average molecular weight is 308 g/mol. The molecule has 1 aromatic carbocycles. The van der Waals surface area contributed by atoms with Crippen LogP contribution < -0.4 is 5.73 Å². The number of nitrogens with zero attached hydrogens (tertiary/aromatic N) is 4. The van der Waals surface area contributed by atoms with Gasteiger partial charge in [0.25, 0.3) is 0 Å². The lowest BCUT2D eigenvalue weighted by Gasteiger charge is -2.28. The molecule has 0 bridgehead atoms. The monoisotopic (exact) mass is 307 g/mol. The highest BCUT2D eigenvalue weighted by molar-refractivity contribution is 6.33. The highest BCUT2D eigenvalue weighted by Crippen LogP contribution is 2.31. The minimum atomic E-state index is 0.218. The molecule has 1 aliphatic heterocycles. The first-order valence-corrected chi connectivity index (χ1v) is 7.45. The third kappa shape index (κ3) is 2.87. The molecule has 7 heteroatoms. The Morgan fingerprint density at radius 3 is 2.86 bits per heavy atom. The van der Waals surface area contributed by atoms with E-state index in [1.165, 1.54) is 0 Å². The minimum absolute atomic E-state index is 0.218. The van der Waals surface area contributed by atoms with E-state index in [0.717, 1.165) is 37.4 Å². The van der Waals surface area contributed by atoms with Crippen molar-refractivity contribution < 1.29 is 4.74 Å². The van der Waals surface area contributed by atoms with E-state index < -0.39 is 0 Å². The molecule has 1 aromatic heterocycles. The third-order valence-electron chi connectivity index (χ3n) is 4.09. The number of benzene rings is 1. The molecule has 3 rings (SSSR count). The Labute approximate surface area is 128 Å². The minimum Gasteiger partial charge on any atom is -0.398 e. The van der Waals surface area contributed by atoms with Crippen LogP contribution >= 0.6 is 11.6 Å². The van der Waals surface area contributed by atoms with Crippen molar-refractivity contribution >= 4 is 17.3 Å². The van der Waals surface area contributed by atoms with Crippen molar-refractivity contribution in [2.24, 2.45) is 5.92 Å². The molecule has 1 unspecified atom stereocenters. The van der Waals surface area contributed by atoms with Gasteiger partial charge in [-0.05, 0) is 54.3 Å². The molecular formula is C14H18ClN5O. The van der Waals surface area contributed by atoms with E-state index in [-0.39, 0.29) is 6.04 Å². The van der Waals surface area contributed by atoms with Crippen molar-refractivity contribution in [1.82, 2.24) is 20.2 Å². The summed E-state index contributed by atoms with van der Waals surface area (Å²) >= 11 is 6.09. The number of halogens is 1. The van der Waals surface area contributed by atoms with Crippen molar-refractivity contribution in [2.45, 2.75) is 25.8 Å². The van der Waals surface area contributed by atoms with E-state index in [9.17, 15) is 0 Å². The zero-order valence-electron chi connectivity index (χ0n) is 11.9. The van der Waals surface area contributed by atoms with Crippen molar-refractivity contribution in [3.63, 3.8) is 0 Å². The predicted octanol–water partition coefficient (Wildman–Crippen LogP) is 2.56. The van der Waals surface area contributed by atoms with Gasteiger partial charge in [0.1, 0.15) is 0 Å². The van der Waals surface area contributed by atoms with Crippen molar-refractivity contribution in [2.75, 3.05) is 18.9 Å². The summed E-state index contributed by atoms with van der Waals surface area (Å²) in [7, 11) is 0. The van der Waals surface area contributed by atoms with Crippen molar-refractivity contribution in [3.8, 4) is 11.4 Å². The van der Waals surface area contributed by atoms with Crippen LogP contribution in [0.3, 0.4) is 0 Å². The van der Waals surface area contributed by atoms with Crippen LogP contribution in [0.2, 0.25) is 5.02 Å². The summed E-state index contributed by atoms with van der Waals surface area (Å²) in [6.45, 7) is 3.76. The number of hydrogen-bond acceptors (Lipinski definition) is 5. The van der Waals surface area contributed by atoms with Gasteiger partial charge in [-0.1, -0.05) is 11.6 Å². The third-order valence-corrected chi connectivity index (χ3v) is 4.41. The Bertz CT molecular complexity index is 624. The maximum Gasteiger partial charge on any atom is 0.182 e. The van der Waals surface area contributed by atoms with Crippen LogP contribution in [0.25, 0.3) is 11.4 Å². The second-order valence-electron chi connectivity index (χ2n) is 5.37. The molecule has 2 aromatic rings. The average Bonchev–Trinajstić information content (AvgIpc) is 2.99. The molecule has 0 spiro atoms. The number of nitrogen functional groups attached to an aromatic ring is 1. The Hall–Kier alpha value is -1.66. The van der Waals surface area contributed by atoms with E-state index in [4.69, 9.17) is 22.1 Å². The Balaban J connectivity index is 1.90. The Morgan fingerprint density at radius 2 is 2.14 bits per heavy atom. The lowest BCUT2D eigenvalue weighted by Crippen LogP contribution is -2.25. The van der Waals surface area contributed by atoms with Gasteiger partial charge >= 0.3 is 0 Å². The molecule has 1 atom stereocenters. The van der Waals surface area contributed by atoms with Crippen LogP contribution in [-0.2, 0) is 4.74 Å². The van der Waals surface area contributed by atoms with E-state index >= 15 is 0 Å². The molecule has 1 saturated heterocycles. The van der Waals surface area contributed by atoms with Gasteiger partial charge in [0.15, 0.2) is 5.82 Å². The number of anilines is 1. The van der Waals surface area contributed by atoms with Crippen LogP contribution in [0.5, 0.6) is 0 Å². The number of ether oxygens (including phenoxy) is 1. The number of aromatic nitrogens is 4. The van der Waals surface area contributed by atoms with Crippen LogP contribution in [0.15, 0.2) is 18.2 Å². The summed E-state index contributed by atoms with van der Waals surface area (Å²) in [5, 5.41) is 12.6. The van der Waals surface area contributed by atoms with Crippen molar-refractivity contribution in [3.05, 3.63) is 23.2 Å². The van der Waals surface area contributed by atoms with Gasteiger partial charge in [-0.25, -0.2) is 4.68 Å². The van der Waals surface area contributed by atoms with E-state index in [1.54, 1.807) is 12.1 Å². The maximum absolute atomic E-state index is 6.09. The molecule has 2 heterocycles. The quantitative estimate of drug-likeness (QED) is 0.882. The lowest BCUT2D eigenvalue weighted by molar-refractivity contribution is 0.0495. The van der Waals surface area contributed by atoms with Gasteiger partial charge in [-0.15, -0.1) is 5.10 Å². The first-order chi connectivity index (χ1) is 10.2. The predicted molar refractivity (Wildman–Crippen MR) is 80.9 cm³/mol. The van der Waals surface area contributed by atoms with E-state index in [2.05, 4.69) is 22.4 Å². The summed E-state index contributed by atoms with van der Waals surface area (Å²) in [5.41, 5.74) is 7.18. The maximum atomic E-state index is 6.09.